The molecule has 0 bridgehead atoms. The monoisotopic (exact) mass is 438 g/mol. The number of aryl methyl sites for hydroxylation is 1. The molecule has 0 unspecified atom stereocenters. The van der Waals surface area contributed by atoms with Gasteiger partial charge in [-0.05, 0) is 55.0 Å². The number of methoxy groups -OCH3 is 1. The van der Waals surface area contributed by atoms with Gasteiger partial charge in [0, 0.05) is 12.6 Å². The van der Waals surface area contributed by atoms with Gasteiger partial charge in [-0.2, -0.15) is 0 Å². The third-order valence-electron chi connectivity index (χ3n) is 4.81. The van der Waals surface area contributed by atoms with Gasteiger partial charge < -0.3 is 10.1 Å². The predicted octanol–water partition coefficient (Wildman–Crippen LogP) is 3.86. The fourth-order valence-corrected chi connectivity index (χ4v) is 4.25. The summed E-state index contributed by atoms with van der Waals surface area (Å²) in [6, 6.07) is 19.4. The lowest BCUT2D eigenvalue weighted by molar-refractivity contribution is 0.0601. The first-order valence-corrected chi connectivity index (χ1v) is 10.8. The maximum Gasteiger partial charge on any atom is 0.340 e. The standard InChI is InChI=1S/C23H22N2O5S/c1-16-8-7-11-20(21(16)23(27)30-3)24-22(26)17-12-14-19(15-13-17)31(28,29)25(2)18-9-5-4-6-10-18/h4-15H,1-3H3,(H,24,26). The summed E-state index contributed by atoms with van der Waals surface area (Å²) >= 11 is 0. The van der Waals surface area contributed by atoms with Crippen molar-refractivity contribution in [1.29, 1.82) is 0 Å². The quantitative estimate of drug-likeness (QED) is 0.590. The maximum absolute atomic E-state index is 12.9. The summed E-state index contributed by atoms with van der Waals surface area (Å²) in [4.78, 5) is 24.8. The Morgan fingerprint density at radius 2 is 1.55 bits per heavy atom. The van der Waals surface area contributed by atoms with E-state index >= 15 is 0 Å². The molecule has 7 nitrogen and oxygen atoms in total. The molecule has 0 aromatic heterocycles. The average Bonchev–Trinajstić information content (AvgIpc) is 2.78. The van der Waals surface area contributed by atoms with Gasteiger partial charge in [0.25, 0.3) is 15.9 Å². The first kappa shape index (κ1) is 22.0. The zero-order valence-corrected chi connectivity index (χ0v) is 18.1. The van der Waals surface area contributed by atoms with E-state index in [1.165, 1.54) is 42.7 Å². The second-order valence-electron chi connectivity index (χ2n) is 6.78. The van der Waals surface area contributed by atoms with E-state index in [4.69, 9.17) is 4.74 Å². The highest BCUT2D eigenvalue weighted by molar-refractivity contribution is 7.92. The molecule has 0 heterocycles. The second kappa shape index (κ2) is 9.01. The highest BCUT2D eigenvalue weighted by Gasteiger charge is 2.22. The first-order valence-electron chi connectivity index (χ1n) is 9.39. The van der Waals surface area contributed by atoms with Crippen molar-refractivity contribution in [3.8, 4) is 0 Å². The molecular formula is C23H22N2O5S. The number of ether oxygens (including phenoxy) is 1. The van der Waals surface area contributed by atoms with Crippen molar-refractivity contribution < 1.29 is 22.7 Å². The van der Waals surface area contributed by atoms with Crippen molar-refractivity contribution in [1.82, 2.24) is 0 Å². The number of esters is 1. The first-order chi connectivity index (χ1) is 14.8. The molecule has 0 fully saturated rings. The van der Waals surface area contributed by atoms with Gasteiger partial charge in [0.2, 0.25) is 0 Å². The molecule has 31 heavy (non-hydrogen) atoms. The van der Waals surface area contributed by atoms with Crippen molar-refractivity contribution >= 4 is 33.3 Å². The molecule has 3 aromatic rings. The van der Waals surface area contributed by atoms with Gasteiger partial charge in [0.1, 0.15) is 0 Å². The average molecular weight is 439 g/mol. The number of sulfonamides is 1. The molecule has 0 radical (unpaired) electrons. The van der Waals surface area contributed by atoms with E-state index in [9.17, 15) is 18.0 Å². The predicted molar refractivity (Wildman–Crippen MR) is 119 cm³/mol. The molecule has 3 rings (SSSR count). The van der Waals surface area contributed by atoms with E-state index in [-0.39, 0.29) is 16.0 Å². The smallest absolute Gasteiger partial charge is 0.340 e. The van der Waals surface area contributed by atoms with E-state index in [1.807, 2.05) is 0 Å². The van der Waals surface area contributed by atoms with Crippen molar-refractivity contribution in [3.63, 3.8) is 0 Å². The van der Waals surface area contributed by atoms with Crippen LogP contribution in [0.25, 0.3) is 0 Å². The summed E-state index contributed by atoms with van der Waals surface area (Å²) in [7, 11) is -1.04. The van der Waals surface area contributed by atoms with Crippen LogP contribution in [-0.4, -0.2) is 34.5 Å². The molecule has 0 aliphatic heterocycles. The number of amides is 1. The molecule has 0 saturated heterocycles. The van der Waals surface area contributed by atoms with Crippen LogP contribution in [0.3, 0.4) is 0 Å². The maximum atomic E-state index is 12.9. The topological polar surface area (TPSA) is 92.8 Å². The summed E-state index contributed by atoms with van der Waals surface area (Å²) in [6.07, 6.45) is 0. The molecule has 1 N–H and O–H groups in total. The van der Waals surface area contributed by atoms with Gasteiger partial charge in [-0.3, -0.25) is 9.10 Å². The van der Waals surface area contributed by atoms with Crippen LogP contribution in [0.15, 0.2) is 77.7 Å². The minimum absolute atomic E-state index is 0.0567. The lowest BCUT2D eigenvalue weighted by Crippen LogP contribution is -2.26. The minimum Gasteiger partial charge on any atom is -0.465 e. The van der Waals surface area contributed by atoms with Gasteiger partial charge in [-0.1, -0.05) is 30.3 Å². The number of anilines is 2. The Morgan fingerprint density at radius 1 is 0.903 bits per heavy atom. The van der Waals surface area contributed by atoms with Gasteiger partial charge in [0.15, 0.2) is 0 Å². The number of carbonyl (C=O) groups excluding carboxylic acids is 2. The summed E-state index contributed by atoms with van der Waals surface area (Å²) in [5, 5.41) is 2.69. The summed E-state index contributed by atoms with van der Waals surface area (Å²) in [5.41, 5.74) is 2.02. The number of nitrogens with one attached hydrogen (secondary N) is 1. The molecule has 0 aliphatic rings. The number of para-hydroxylation sites is 1. The third-order valence-corrected chi connectivity index (χ3v) is 6.60. The lowest BCUT2D eigenvalue weighted by Gasteiger charge is -2.19. The number of hydrogen-bond acceptors (Lipinski definition) is 5. The number of nitrogens with zero attached hydrogens (tertiary/aromatic N) is 1. The fourth-order valence-electron chi connectivity index (χ4n) is 3.05. The van der Waals surface area contributed by atoms with Crippen LogP contribution in [0.5, 0.6) is 0 Å². The van der Waals surface area contributed by atoms with E-state index < -0.39 is 21.9 Å². The van der Waals surface area contributed by atoms with Crippen molar-refractivity contribution in [2.24, 2.45) is 0 Å². The van der Waals surface area contributed by atoms with Crippen LogP contribution in [0.4, 0.5) is 11.4 Å². The fraction of sp³-hybridized carbons (Fsp3) is 0.130. The Kier molecular flexibility index (Phi) is 6.41. The van der Waals surface area contributed by atoms with E-state index in [0.29, 0.717) is 16.9 Å². The molecule has 8 heteroatoms. The van der Waals surface area contributed by atoms with Gasteiger partial charge in [-0.25, -0.2) is 13.2 Å². The third kappa shape index (κ3) is 4.59. The van der Waals surface area contributed by atoms with Gasteiger partial charge in [-0.15, -0.1) is 0 Å². The van der Waals surface area contributed by atoms with Crippen LogP contribution < -0.4 is 9.62 Å². The van der Waals surface area contributed by atoms with E-state index in [1.54, 1.807) is 55.5 Å². The number of hydrogen-bond donors (Lipinski definition) is 1. The Morgan fingerprint density at radius 3 is 2.16 bits per heavy atom. The Labute approximate surface area is 181 Å². The lowest BCUT2D eigenvalue weighted by atomic mass is 10.1. The molecule has 0 atom stereocenters. The van der Waals surface area contributed by atoms with Crippen LogP contribution in [0, 0.1) is 6.92 Å². The van der Waals surface area contributed by atoms with Crippen molar-refractivity contribution in [3.05, 3.63) is 89.5 Å². The van der Waals surface area contributed by atoms with Gasteiger partial charge >= 0.3 is 5.97 Å². The largest absolute Gasteiger partial charge is 0.465 e. The van der Waals surface area contributed by atoms with Crippen LogP contribution in [0.2, 0.25) is 0 Å². The van der Waals surface area contributed by atoms with Crippen molar-refractivity contribution in [2.45, 2.75) is 11.8 Å². The highest BCUT2D eigenvalue weighted by Crippen LogP contribution is 2.24. The van der Waals surface area contributed by atoms with Crippen LogP contribution in [0.1, 0.15) is 26.3 Å². The summed E-state index contributed by atoms with van der Waals surface area (Å²) in [5.74, 6) is -1.03. The molecule has 0 spiro atoms. The second-order valence-corrected chi connectivity index (χ2v) is 8.74. The molecular weight excluding hydrogens is 416 g/mol. The number of carbonyl (C=O) groups is 2. The Hall–Kier alpha value is -3.65. The number of benzene rings is 3. The van der Waals surface area contributed by atoms with Crippen LogP contribution in [-0.2, 0) is 14.8 Å². The highest BCUT2D eigenvalue weighted by atomic mass is 32.2. The molecule has 160 valence electrons. The zero-order chi connectivity index (χ0) is 22.6. The Balaban J connectivity index is 1.83. The van der Waals surface area contributed by atoms with E-state index in [0.717, 1.165) is 0 Å². The van der Waals surface area contributed by atoms with E-state index in [2.05, 4.69) is 5.32 Å². The Bertz CT molecular complexity index is 1210. The van der Waals surface area contributed by atoms with Gasteiger partial charge in [0.05, 0.1) is 28.9 Å². The zero-order valence-electron chi connectivity index (χ0n) is 17.3. The number of rotatable bonds is 6. The van der Waals surface area contributed by atoms with Crippen molar-refractivity contribution in [2.75, 3.05) is 23.8 Å². The molecule has 1 amide bonds. The SMILES string of the molecule is COC(=O)c1c(C)cccc1NC(=O)c1ccc(S(=O)(=O)N(C)c2ccccc2)cc1. The summed E-state index contributed by atoms with van der Waals surface area (Å²) < 4.78 is 31.7. The molecule has 0 aliphatic carbocycles. The normalized spacial score (nSPS) is 10.9. The minimum atomic E-state index is -3.78. The molecule has 0 saturated carbocycles. The molecule has 3 aromatic carbocycles. The van der Waals surface area contributed by atoms with Crippen LogP contribution >= 0.6 is 0 Å². The summed E-state index contributed by atoms with van der Waals surface area (Å²) in [6.45, 7) is 1.74.